The van der Waals surface area contributed by atoms with Crippen molar-refractivity contribution in [3.63, 3.8) is 0 Å². The van der Waals surface area contributed by atoms with Crippen molar-refractivity contribution >= 4 is 31.6 Å². The van der Waals surface area contributed by atoms with Crippen LogP contribution in [0.2, 0.25) is 0 Å². The highest BCUT2D eigenvalue weighted by Crippen LogP contribution is 2.22. The van der Waals surface area contributed by atoms with Crippen molar-refractivity contribution in [1.29, 1.82) is 0 Å². The lowest BCUT2D eigenvalue weighted by atomic mass is 10.1. The van der Waals surface area contributed by atoms with Crippen molar-refractivity contribution in [2.45, 2.75) is 32.2 Å². The van der Waals surface area contributed by atoms with Crippen molar-refractivity contribution < 1.29 is 8.42 Å². The highest BCUT2D eigenvalue weighted by Gasteiger charge is 2.15. The van der Waals surface area contributed by atoms with Crippen LogP contribution in [0.1, 0.15) is 16.7 Å². The summed E-state index contributed by atoms with van der Waals surface area (Å²) in [6.07, 6.45) is 5.48. The lowest BCUT2D eigenvalue weighted by Crippen LogP contribution is -2.16. The number of hydrogen-bond acceptors (Lipinski definition) is 3. The Balaban J connectivity index is 2.27. The van der Waals surface area contributed by atoms with E-state index in [9.17, 15) is 8.42 Å². The van der Waals surface area contributed by atoms with E-state index in [1.807, 2.05) is 32.9 Å². The highest BCUT2D eigenvalue weighted by atomic mass is 32.2. The van der Waals surface area contributed by atoms with Crippen LogP contribution < -0.4 is 4.80 Å². The molecule has 3 rings (SSSR count). The summed E-state index contributed by atoms with van der Waals surface area (Å²) >= 11 is 1.33. The lowest BCUT2D eigenvalue weighted by molar-refractivity contribution is 0.596. The predicted molar refractivity (Wildman–Crippen MR) is 102 cm³/mol. The number of fused-ring (bicyclic) bond motifs is 1. The van der Waals surface area contributed by atoms with E-state index in [4.69, 9.17) is 6.42 Å². The van der Waals surface area contributed by atoms with Crippen molar-refractivity contribution in [2.24, 2.45) is 4.40 Å². The molecule has 1 heterocycles. The van der Waals surface area contributed by atoms with Gasteiger partial charge in [0.05, 0.1) is 21.7 Å². The van der Waals surface area contributed by atoms with E-state index in [0.29, 0.717) is 4.80 Å². The normalized spacial score (nSPS) is 12.5. The number of aryl methyl sites for hydroxylation is 3. The summed E-state index contributed by atoms with van der Waals surface area (Å²) < 4.78 is 32.1. The summed E-state index contributed by atoms with van der Waals surface area (Å²) in [5, 5.41) is 0. The molecule has 0 saturated carbocycles. The number of rotatable bonds is 3. The van der Waals surface area contributed by atoms with Crippen LogP contribution in [0.3, 0.4) is 0 Å². The van der Waals surface area contributed by atoms with Crippen LogP contribution >= 0.6 is 11.3 Å². The zero-order valence-electron chi connectivity index (χ0n) is 14.3. The quantitative estimate of drug-likeness (QED) is 0.662. The number of benzene rings is 2. The minimum Gasteiger partial charge on any atom is -0.304 e. The van der Waals surface area contributed by atoms with E-state index in [1.165, 1.54) is 11.3 Å². The molecule has 0 bridgehead atoms. The van der Waals surface area contributed by atoms with Gasteiger partial charge in [0.25, 0.3) is 10.0 Å². The first-order chi connectivity index (χ1) is 11.8. The molecule has 0 aliphatic heterocycles. The predicted octanol–water partition coefficient (Wildman–Crippen LogP) is 3.55. The van der Waals surface area contributed by atoms with Gasteiger partial charge in [-0.15, -0.1) is 10.8 Å². The van der Waals surface area contributed by atoms with Gasteiger partial charge in [-0.3, -0.25) is 0 Å². The van der Waals surface area contributed by atoms with Gasteiger partial charge in [0.1, 0.15) is 0 Å². The van der Waals surface area contributed by atoms with Crippen LogP contribution in [0.15, 0.2) is 45.7 Å². The number of thiazole rings is 1. The first kappa shape index (κ1) is 17.5. The van der Waals surface area contributed by atoms with Gasteiger partial charge in [-0.2, -0.15) is 8.42 Å². The van der Waals surface area contributed by atoms with Crippen LogP contribution in [0.4, 0.5) is 0 Å². The Morgan fingerprint density at radius 2 is 1.76 bits per heavy atom. The van der Waals surface area contributed by atoms with Crippen molar-refractivity contribution in [3.8, 4) is 12.3 Å². The fourth-order valence-corrected chi connectivity index (χ4v) is 4.81. The maximum Gasteiger partial charge on any atom is 0.285 e. The van der Waals surface area contributed by atoms with E-state index < -0.39 is 10.0 Å². The number of hydrogen-bond donors (Lipinski definition) is 0. The maximum absolute atomic E-state index is 12.7. The van der Waals surface area contributed by atoms with E-state index in [0.717, 1.165) is 26.9 Å². The van der Waals surface area contributed by atoms with Crippen molar-refractivity contribution in [3.05, 3.63) is 57.9 Å². The van der Waals surface area contributed by atoms with Gasteiger partial charge in [-0.05, 0) is 56.2 Å². The fourth-order valence-electron chi connectivity index (χ4n) is 2.50. The Morgan fingerprint density at radius 1 is 1.12 bits per heavy atom. The Hall–Kier alpha value is -2.36. The number of aromatic nitrogens is 1. The topological polar surface area (TPSA) is 51.4 Å². The molecule has 4 nitrogen and oxygen atoms in total. The van der Waals surface area contributed by atoms with Crippen molar-refractivity contribution in [1.82, 2.24) is 4.57 Å². The molecule has 128 valence electrons. The molecule has 2 aromatic carbocycles. The molecule has 0 aliphatic carbocycles. The molecule has 0 saturated heterocycles. The third kappa shape index (κ3) is 3.39. The minimum atomic E-state index is -3.79. The Labute approximate surface area is 151 Å². The maximum atomic E-state index is 12.7. The monoisotopic (exact) mass is 370 g/mol. The highest BCUT2D eigenvalue weighted by molar-refractivity contribution is 7.90. The summed E-state index contributed by atoms with van der Waals surface area (Å²) in [6, 6.07) is 10.7. The van der Waals surface area contributed by atoms with Crippen LogP contribution in [-0.2, 0) is 16.6 Å². The molecule has 3 aromatic rings. The lowest BCUT2D eigenvalue weighted by Gasteiger charge is -2.03. The van der Waals surface area contributed by atoms with Gasteiger partial charge in [0, 0.05) is 0 Å². The standard InChI is InChI=1S/C19H18N2O2S2/c1-5-10-21-17-11-14(3)15(4)12-18(17)24-19(21)20-25(22,23)16-8-6-13(2)7-9-16/h1,6-9,11-12H,10H2,2-4H3/b20-19-. The Morgan fingerprint density at radius 3 is 2.40 bits per heavy atom. The molecule has 0 amide bonds. The second-order valence-corrected chi connectivity index (χ2v) is 8.57. The molecule has 0 fully saturated rings. The molecule has 0 aliphatic rings. The molecular weight excluding hydrogens is 352 g/mol. The van der Waals surface area contributed by atoms with E-state index in [1.54, 1.807) is 28.8 Å². The number of sulfonamides is 1. The summed E-state index contributed by atoms with van der Waals surface area (Å²) in [7, 11) is -3.79. The van der Waals surface area contributed by atoms with Gasteiger partial charge in [-0.1, -0.05) is 35.0 Å². The van der Waals surface area contributed by atoms with Gasteiger partial charge < -0.3 is 4.57 Å². The molecule has 0 radical (unpaired) electrons. The first-order valence-electron chi connectivity index (χ1n) is 7.73. The van der Waals surface area contributed by atoms with Crippen LogP contribution in [0.5, 0.6) is 0 Å². The van der Waals surface area contributed by atoms with E-state index in [-0.39, 0.29) is 11.4 Å². The molecule has 6 heteroatoms. The summed E-state index contributed by atoms with van der Waals surface area (Å²) in [5.74, 6) is 2.58. The summed E-state index contributed by atoms with van der Waals surface area (Å²) in [4.78, 5) is 0.564. The first-order valence-corrected chi connectivity index (χ1v) is 9.99. The Kier molecular flexibility index (Phi) is 4.55. The largest absolute Gasteiger partial charge is 0.304 e. The third-order valence-corrected chi connectivity index (χ3v) is 6.50. The van der Waals surface area contributed by atoms with Crippen LogP contribution in [-0.4, -0.2) is 13.0 Å². The van der Waals surface area contributed by atoms with Gasteiger partial charge in [0.15, 0.2) is 0 Å². The average molecular weight is 370 g/mol. The number of nitrogens with zero attached hydrogens (tertiary/aromatic N) is 2. The smallest absolute Gasteiger partial charge is 0.285 e. The summed E-state index contributed by atoms with van der Waals surface area (Å²) in [5.41, 5.74) is 4.18. The van der Waals surface area contributed by atoms with Crippen LogP contribution in [0.25, 0.3) is 10.2 Å². The second kappa shape index (κ2) is 6.51. The van der Waals surface area contributed by atoms with Gasteiger partial charge in [0.2, 0.25) is 4.80 Å². The fraction of sp³-hybridized carbons (Fsp3) is 0.211. The zero-order chi connectivity index (χ0) is 18.2. The molecular formula is C19H18N2O2S2. The average Bonchev–Trinajstić information content (AvgIpc) is 2.85. The molecule has 1 aromatic heterocycles. The third-order valence-electron chi connectivity index (χ3n) is 4.06. The summed E-state index contributed by atoms with van der Waals surface area (Å²) in [6.45, 7) is 6.22. The number of terminal acetylenes is 1. The molecule has 0 spiro atoms. The molecule has 25 heavy (non-hydrogen) atoms. The minimum absolute atomic E-state index is 0.176. The Bertz CT molecular complexity index is 1160. The molecule has 0 atom stereocenters. The van der Waals surface area contributed by atoms with E-state index >= 15 is 0 Å². The zero-order valence-corrected chi connectivity index (χ0v) is 15.9. The SMILES string of the molecule is C#CCn1/c(=N/S(=O)(=O)c2ccc(C)cc2)sc2cc(C)c(C)cc21. The van der Waals surface area contributed by atoms with E-state index in [2.05, 4.69) is 10.3 Å². The second-order valence-electron chi connectivity index (χ2n) is 5.96. The van der Waals surface area contributed by atoms with Gasteiger partial charge >= 0.3 is 0 Å². The van der Waals surface area contributed by atoms with Crippen molar-refractivity contribution in [2.75, 3.05) is 0 Å². The van der Waals surface area contributed by atoms with Gasteiger partial charge in [-0.25, -0.2) is 0 Å². The molecule has 0 N–H and O–H groups in total. The molecule has 0 unspecified atom stereocenters. The van der Waals surface area contributed by atoms with Crippen LogP contribution in [0, 0.1) is 33.1 Å².